The second-order valence-corrected chi connectivity index (χ2v) is 4.64. The summed E-state index contributed by atoms with van der Waals surface area (Å²) in [6.45, 7) is 3.81. The van der Waals surface area contributed by atoms with Crippen molar-refractivity contribution in [2.45, 2.75) is 38.6 Å². The highest BCUT2D eigenvalue weighted by atomic mass is 35.5. The molecule has 1 atom stereocenters. The fourth-order valence-electron chi connectivity index (χ4n) is 2.10. The standard InChI is InChI=1S/C12H23N3O2.ClH/c1-9(12(17)13-2)15-11(16)4-3-10-5-7-14-8-6-10;/h9-10,14H,3-8H2,1-2H3,(H,13,17)(H,15,16);1H/t9-;/m1./s1. The van der Waals surface area contributed by atoms with Gasteiger partial charge in [-0.25, -0.2) is 0 Å². The van der Waals surface area contributed by atoms with Crippen LogP contribution in [0.5, 0.6) is 0 Å². The molecule has 0 aromatic carbocycles. The smallest absolute Gasteiger partial charge is 0.242 e. The Morgan fingerprint density at radius 1 is 1.33 bits per heavy atom. The van der Waals surface area contributed by atoms with Crippen LogP contribution in [-0.4, -0.2) is 38.0 Å². The Kier molecular flexibility index (Phi) is 8.75. The minimum Gasteiger partial charge on any atom is -0.357 e. The molecule has 0 saturated carbocycles. The molecular weight excluding hydrogens is 254 g/mol. The van der Waals surface area contributed by atoms with Gasteiger partial charge in [-0.2, -0.15) is 0 Å². The van der Waals surface area contributed by atoms with Crippen molar-refractivity contribution in [2.75, 3.05) is 20.1 Å². The molecular formula is C12H24ClN3O2. The molecule has 1 aliphatic heterocycles. The second-order valence-electron chi connectivity index (χ2n) is 4.64. The van der Waals surface area contributed by atoms with Crippen molar-refractivity contribution in [3.8, 4) is 0 Å². The van der Waals surface area contributed by atoms with E-state index in [4.69, 9.17) is 0 Å². The second kappa shape index (κ2) is 9.16. The molecule has 3 N–H and O–H groups in total. The number of rotatable bonds is 5. The topological polar surface area (TPSA) is 70.2 Å². The Labute approximate surface area is 115 Å². The van der Waals surface area contributed by atoms with Gasteiger partial charge in [-0.3, -0.25) is 9.59 Å². The monoisotopic (exact) mass is 277 g/mol. The third-order valence-electron chi connectivity index (χ3n) is 3.26. The molecule has 0 aromatic rings. The van der Waals surface area contributed by atoms with Crippen LogP contribution in [-0.2, 0) is 9.59 Å². The fourth-order valence-corrected chi connectivity index (χ4v) is 2.10. The number of amides is 2. The summed E-state index contributed by atoms with van der Waals surface area (Å²) in [6, 6.07) is -0.444. The normalized spacial score (nSPS) is 17.4. The Morgan fingerprint density at radius 3 is 2.50 bits per heavy atom. The molecule has 1 rings (SSSR count). The quantitative estimate of drug-likeness (QED) is 0.683. The van der Waals surface area contributed by atoms with Gasteiger partial charge in [0.2, 0.25) is 11.8 Å². The summed E-state index contributed by atoms with van der Waals surface area (Å²) >= 11 is 0. The first-order valence-electron chi connectivity index (χ1n) is 6.35. The van der Waals surface area contributed by atoms with Crippen LogP contribution in [0.4, 0.5) is 0 Å². The van der Waals surface area contributed by atoms with E-state index in [9.17, 15) is 9.59 Å². The van der Waals surface area contributed by atoms with Crippen molar-refractivity contribution < 1.29 is 9.59 Å². The zero-order chi connectivity index (χ0) is 12.7. The first-order valence-corrected chi connectivity index (χ1v) is 6.35. The van der Waals surface area contributed by atoms with Gasteiger partial charge in [-0.05, 0) is 45.2 Å². The van der Waals surface area contributed by atoms with Gasteiger partial charge >= 0.3 is 0 Å². The van der Waals surface area contributed by atoms with Crippen LogP contribution in [0.1, 0.15) is 32.6 Å². The summed E-state index contributed by atoms with van der Waals surface area (Å²) < 4.78 is 0. The van der Waals surface area contributed by atoms with Crippen molar-refractivity contribution in [1.29, 1.82) is 0 Å². The van der Waals surface area contributed by atoms with Crippen LogP contribution in [0.2, 0.25) is 0 Å². The molecule has 0 bridgehead atoms. The van der Waals surface area contributed by atoms with Gasteiger partial charge in [0.1, 0.15) is 6.04 Å². The van der Waals surface area contributed by atoms with Gasteiger partial charge in [0.05, 0.1) is 0 Å². The third kappa shape index (κ3) is 6.21. The summed E-state index contributed by atoms with van der Waals surface area (Å²) in [5.41, 5.74) is 0. The van der Waals surface area contributed by atoms with E-state index in [2.05, 4.69) is 16.0 Å². The van der Waals surface area contributed by atoms with Gasteiger partial charge in [0.15, 0.2) is 0 Å². The number of carbonyl (C=O) groups is 2. The molecule has 0 spiro atoms. The lowest BCUT2D eigenvalue weighted by Gasteiger charge is -2.22. The van der Waals surface area contributed by atoms with Crippen molar-refractivity contribution in [2.24, 2.45) is 5.92 Å². The molecule has 0 aromatic heterocycles. The van der Waals surface area contributed by atoms with Crippen LogP contribution < -0.4 is 16.0 Å². The molecule has 2 amide bonds. The number of carbonyl (C=O) groups excluding carboxylic acids is 2. The molecule has 5 nitrogen and oxygen atoms in total. The molecule has 1 aliphatic rings. The number of halogens is 1. The minimum atomic E-state index is -0.444. The largest absolute Gasteiger partial charge is 0.357 e. The fraction of sp³-hybridized carbons (Fsp3) is 0.833. The van der Waals surface area contributed by atoms with E-state index in [1.54, 1.807) is 14.0 Å². The summed E-state index contributed by atoms with van der Waals surface area (Å²) in [5, 5.41) is 8.52. The molecule has 6 heteroatoms. The molecule has 0 radical (unpaired) electrons. The summed E-state index contributed by atoms with van der Waals surface area (Å²) in [4.78, 5) is 22.8. The van der Waals surface area contributed by atoms with E-state index < -0.39 is 6.04 Å². The summed E-state index contributed by atoms with van der Waals surface area (Å²) in [7, 11) is 1.57. The van der Waals surface area contributed by atoms with E-state index in [1.807, 2.05) is 0 Å². The Balaban J connectivity index is 0.00000289. The SMILES string of the molecule is CNC(=O)[C@@H](C)NC(=O)CCC1CCNCC1.Cl. The summed E-state index contributed by atoms with van der Waals surface area (Å²) in [6.07, 6.45) is 3.75. The maximum absolute atomic E-state index is 11.6. The number of hydrogen-bond acceptors (Lipinski definition) is 3. The van der Waals surface area contributed by atoms with Crippen LogP contribution in [0, 0.1) is 5.92 Å². The maximum Gasteiger partial charge on any atom is 0.242 e. The predicted molar refractivity (Wildman–Crippen MR) is 73.7 cm³/mol. The van der Waals surface area contributed by atoms with E-state index >= 15 is 0 Å². The van der Waals surface area contributed by atoms with Gasteiger partial charge in [0.25, 0.3) is 0 Å². The highest BCUT2D eigenvalue weighted by Gasteiger charge is 2.17. The zero-order valence-electron chi connectivity index (χ0n) is 11.1. The molecule has 1 saturated heterocycles. The lowest BCUT2D eigenvalue weighted by molar-refractivity contribution is -0.128. The lowest BCUT2D eigenvalue weighted by atomic mass is 9.93. The van der Waals surface area contributed by atoms with Crippen LogP contribution in [0.15, 0.2) is 0 Å². The molecule has 106 valence electrons. The summed E-state index contributed by atoms with van der Waals surface area (Å²) in [5.74, 6) is 0.470. The predicted octanol–water partition coefficient (Wildman–Crippen LogP) is 0.439. The van der Waals surface area contributed by atoms with E-state index in [1.165, 1.54) is 0 Å². The lowest BCUT2D eigenvalue weighted by Crippen LogP contribution is -2.43. The number of hydrogen-bond donors (Lipinski definition) is 3. The van der Waals surface area contributed by atoms with Gasteiger partial charge < -0.3 is 16.0 Å². The number of piperidine rings is 1. The molecule has 0 unspecified atom stereocenters. The van der Waals surface area contributed by atoms with Crippen molar-refractivity contribution in [1.82, 2.24) is 16.0 Å². The highest BCUT2D eigenvalue weighted by molar-refractivity contribution is 5.87. The van der Waals surface area contributed by atoms with Gasteiger partial charge in [0, 0.05) is 13.5 Å². The number of likely N-dealkylation sites (N-methyl/N-ethyl adjacent to an activating group) is 1. The van der Waals surface area contributed by atoms with Crippen molar-refractivity contribution >= 4 is 24.2 Å². The average molecular weight is 278 g/mol. The van der Waals surface area contributed by atoms with E-state index in [0.29, 0.717) is 12.3 Å². The van der Waals surface area contributed by atoms with Crippen molar-refractivity contribution in [3.63, 3.8) is 0 Å². The third-order valence-corrected chi connectivity index (χ3v) is 3.26. The van der Waals surface area contributed by atoms with Crippen LogP contribution in [0.3, 0.4) is 0 Å². The Morgan fingerprint density at radius 2 is 1.94 bits per heavy atom. The van der Waals surface area contributed by atoms with E-state index in [0.717, 1.165) is 32.4 Å². The first kappa shape index (κ1) is 17.2. The Hall–Kier alpha value is -0.810. The molecule has 1 fully saturated rings. The van der Waals surface area contributed by atoms with Crippen molar-refractivity contribution in [3.05, 3.63) is 0 Å². The zero-order valence-corrected chi connectivity index (χ0v) is 11.9. The Bertz CT molecular complexity index is 268. The van der Waals surface area contributed by atoms with E-state index in [-0.39, 0.29) is 24.2 Å². The molecule has 18 heavy (non-hydrogen) atoms. The maximum atomic E-state index is 11.6. The van der Waals surface area contributed by atoms with Gasteiger partial charge in [-0.15, -0.1) is 12.4 Å². The van der Waals surface area contributed by atoms with Crippen LogP contribution in [0.25, 0.3) is 0 Å². The number of nitrogens with one attached hydrogen (secondary N) is 3. The first-order chi connectivity index (χ1) is 8.13. The average Bonchev–Trinajstić information content (AvgIpc) is 2.36. The highest BCUT2D eigenvalue weighted by Crippen LogP contribution is 2.17. The molecule has 1 heterocycles. The van der Waals surface area contributed by atoms with Gasteiger partial charge in [-0.1, -0.05) is 0 Å². The minimum absolute atomic E-state index is 0. The molecule has 0 aliphatic carbocycles. The van der Waals surface area contributed by atoms with Crippen LogP contribution >= 0.6 is 12.4 Å².